The lowest BCUT2D eigenvalue weighted by atomic mass is 9.72. The topological polar surface area (TPSA) is 0 Å². The monoisotopic (exact) mass is 264 g/mol. The molecule has 0 bridgehead atoms. The third-order valence-corrected chi connectivity index (χ3v) is 6.36. The summed E-state index contributed by atoms with van der Waals surface area (Å²) in [4.78, 5) is 0. The predicted octanol–water partition coefficient (Wildman–Crippen LogP) is 5.87. The maximum absolute atomic E-state index is 2.57. The Labute approximate surface area is 121 Å². The first kappa shape index (κ1) is 15.4. The number of rotatable bonds is 7. The molecule has 0 heterocycles. The van der Waals surface area contributed by atoms with Gasteiger partial charge in [0.1, 0.15) is 0 Å². The van der Waals surface area contributed by atoms with E-state index in [4.69, 9.17) is 0 Å². The van der Waals surface area contributed by atoms with Crippen LogP contribution in [-0.2, 0) is 0 Å². The molecule has 19 heavy (non-hydrogen) atoms. The molecule has 112 valence electrons. The molecule has 0 N–H and O–H groups in total. The summed E-state index contributed by atoms with van der Waals surface area (Å²) in [6, 6.07) is 0. The lowest BCUT2D eigenvalue weighted by molar-refractivity contribution is 0.149. The van der Waals surface area contributed by atoms with Crippen molar-refractivity contribution in [3.63, 3.8) is 0 Å². The zero-order chi connectivity index (χ0) is 14.3. The molecule has 7 atom stereocenters. The molecule has 0 aliphatic heterocycles. The Balaban J connectivity index is 1.99. The third-order valence-electron chi connectivity index (χ3n) is 6.36. The Bertz CT molecular complexity index is 290. The van der Waals surface area contributed by atoms with E-state index in [1.54, 1.807) is 0 Å². The highest BCUT2D eigenvalue weighted by Crippen LogP contribution is 2.58. The summed E-state index contributed by atoms with van der Waals surface area (Å²) in [7, 11) is 0. The van der Waals surface area contributed by atoms with Crippen molar-refractivity contribution in [1.29, 1.82) is 0 Å². The largest absolute Gasteiger partial charge is 0.0628 e. The summed E-state index contributed by atoms with van der Waals surface area (Å²) in [5.41, 5.74) is 0. The van der Waals surface area contributed by atoms with Crippen LogP contribution < -0.4 is 0 Å². The highest BCUT2D eigenvalue weighted by molar-refractivity contribution is 5.00. The lowest BCUT2D eigenvalue weighted by Gasteiger charge is -2.33. The van der Waals surface area contributed by atoms with Gasteiger partial charge in [-0.1, -0.05) is 48.5 Å². The van der Waals surface area contributed by atoms with E-state index in [1.807, 2.05) is 0 Å². The normalized spacial score (nSPS) is 38.4. The van der Waals surface area contributed by atoms with Gasteiger partial charge in [-0.3, -0.25) is 0 Å². The van der Waals surface area contributed by atoms with Crippen LogP contribution in [0.25, 0.3) is 0 Å². The minimum atomic E-state index is 0.849. The SMILES string of the molecule is CC(C)CC1CC1C(C(C)C(C)C)C(C)C1CC1C. The molecule has 7 unspecified atom stereocenters. The molecule has 2 rings (SSSR count). The van der Waals surface area contributed by atoms with Crippen molar-refractivity contribution in [2.24, 2.45) is 53.3 Å². The maximum atomic E-state index is 2.57. The van der Waals surface area contributed by atoms with Crippen LogP contribution in [0.5, 0.6) is 0 Å². The first-order valence-electron chi connectivity index (χ1n) is 8.82. The van der Waals surface area contributed by atoms with Crippen LogP contribution >= 0.6 is 0 Å². The lowest BCUT2D eigenvalue weighted by Crippen LogP contribution is -2.28. The van der Waals surface area contributed by atoms with Crippen molar-refractivity contribution in [1.82, 2.24) is 0 Å². The van der Waals surface area contributed by atoms with Gasteiger partial charge in [-0.15, -0.1) is 0 Å². The van der Waals surface area contributed by atoms with Gasteiger partial charge in [0.2, 0.25) is 0 Å². The zero-order valence-corrected chi connectivity index (χ0v) is 14.3. The van der Waals surface area contributed by atoms with Crippen molar-refractivity contribution in [3.8, 4) is 0 Å². The zero-order valence-electron chi connectivity index (χ0n) is 14.3. The number of hydrogen-bond donors (Lipinski definition) is 0. The van der Waals surface area contributed by atoms with E-state index in [9.17, 15) is 0 Å². The second kappa shape index (κ2) is 5.78. The molecule has 0 aromatic carbocycles. The Kier molecular flexibility index (Phi) is 4.68. The maximum Gasteiger partial charge on any atom is -0.0326 e. The molecule has 0 radical (unpaired) electrons. The molecule has 2 saturated carbocycles. The third kappa shape index (κ3) is 3.56. The van der Waals surface area contributed by atoms with Crippen LogP contribution in [0.4, 0.5) is 0 Å². The van der Waals surface area contributed by atoms with Crippen LogP contribution in [0.15, 0.2) is 0 Å². The Hall–Kier alpha value is 0. The smallest absolute Gasteiger partial charge is 0.0326 e. The molecule has 2 fully saturated rings. The van der Waals surface area contributed by atoms with E-state index < -0.39 is 0 Å². The molecule has 0 amide bonds. The molecule has 0 heteroatoms. The summed E-state index contributed by atoms with van der Waals surface area (Å²) >= 11 is 0. The van der Waals surface area contributed by atoms with Crippen LogP contribution in [0, 0.1) is 53.3 Å². The molecular weight excluding hydrogens is 228 g/mol. The van der Waals surface area contributed by atoms with E-state index in [0.29, 0.717) is 0 Å². The van der Waals surface area contributed by atoms with Crippen molar-refractivity contribution < 1.29 is 0 Å². The fourth-order valence-electron chi connectivity index (χ4n) is 4.69. The van der Waals surface area contributed by atoms with E-state index in [1.165, 1.54) is 19.3 Å². The average molecular weight is 264 g/mol. The summed E-state index contributed by atoms with van der Waals surface area (Å²) in [6.07, 6.45) is 4.51. The molecule has 0 spiro atoms. The van der Waals surface area contributed by atoms with E-state index in [0.717, 1.165) is 53.3 Å². The van der Waals surface area contributed by atoms with Crippen molar-refractivity contribution in [3.05, 3.63) is 0 Å². The molecule has 0 aromatic rings. The fourth-order valence-corrected chi connectivity index (χ4v) is 4.69. The Morgan fingerprint density at radius 3 is 1.89 bits per heavy atom. The highest BCUT2D eigenvalue weighted by atomic mass is 14.6. The summed E-state index contributed by atoms with van der Waals surface area (Å²) < 4.78 is 0. The van der Waals surface area contributed by atoms with Crippen molar-refractivity contribution in [2.45, 2.75) is 67.7 Å². The quantitative estimate of drug-likeness (QED) is 0.539. The predicted molar refractivity (Wildman–Crippen MR) is 85.0 cm³/mol. The van der Waals surface area contributed by atoms with Crippen LogP contribution in [0.3, 0.4) is 0 Å². The van der Waals surface area contributed by atoms with Crippen LogP contribution in [-0.4, -0.2) is 0 Å². The minimum Gasteiger partial charge on any atom is -0.0628 e. The first-order valence-corrected chi connectivity index (χ1v) is 8.82. The van der Waals surface area contributed by atoms with Gasteiger partial charge in [-0.25, -0.2) is 0 Å². The van der Waals surface area contributed by atoms with Crippen LogP contribution in [0.2, 0.25) is 0 Å². The van der Waals surface area contributed by atoms with Gasteiger partial charge in [-0.2, -0.15) is 0 Å². The van der Waals surface area contributed by atoms with Crippen molar-refractivity contribution in [2.75, 3.05) is 0 Å². The second-order valence-electron chi connectivity index (χ2n) is 8.71. The Morgan fingerprint density at radius 2 is 1.47 bits per heavy atom. The molecule has 0 nitrogen and oxygen atoms in total. The first-order chi connectivity index (χ1) is 8.82. The Morgan fingerprint density at radius 1 is 0.895 bits per heavy atom. The van der Waals surface area contributed by atoms with Gasteiger partial charge < -0.3 is 0 Å². The average Bonchev–Trinajstić information content (AvgIpc) is 3.17. The van der Waals surface area contributed by atoms with Gasteiger partial charge in [0.15, 0.2) is 0 Å². The van der Waals surface area contributed by atoms with E-state index in [2.05, 4.69) is 48.5 Å². The molecule has 0 saturated heterocycles. The van der Waals surface area contributed by atoms with Gasteiger partial charge in [0.25, 0.3) is 0 Å². The van der Waals surface area contributed by atoms with Gasteiger partial charge in [-0.05, 0) is 72.5 Å². The molecule has 2 aliphatic rings. The standard InChI is InChI=1S/C19H36/c1-11(2)8-16-10-18(16)19(14(6)12(3)4)15(7)17-9-13(17)5/h11-19H,8-10H2,1-7H3. The fraction of sp³-hybridized carbons (Fsp3) is 1.00. The molecular formula is C19H36. The van der Waals surface area contributed by atoms with Gasteiger partial charge in [0.05, 0.1) is 0 Å². The highest BCUT2D eigenvalue weighted by Gasteiger charge is 2.51. The number of hydrogen-bond acceptors (Lipinski definition) is 0. The van der Waals surface area contributed by atoms with E-state index in [-0.39, 0.29) is 0 Å². The van der Waals surface area contributed by atoms with Gasteiger partial charge >= 0.3 is 0 Å². The summed E-state index contributed by atoms with van der Waals surface area (Å²) in [5, 5.41) is 0. The van der Waals surface area contributed by atoms with Gasteiger partial charge in [0, 0.05) is 0 Å². The van der Waals surface area contributed by atoms with Crippen LogP contribution in [0.1, 0.15) is 67.7 Å². The van der Waals surface area contributed by atoms with E-state index >= 15 is 0 Å². The molecule has 2 aliphatic carbocycles. The summed E-state index contributed by atoms with van der Waals surface area (Å²) in [6.45, 7) is 17.2. The van der Waals surface area contributed by atoms with Crippen molar-refractivity contribution >= 4 is 0 Å². The molecule has 0 aromatic heterocycles. The minimum absolute atomic E-state index is 0.849. The summed E-state index contributed by atoms with van der Waals surface area (Å²) in [5.74, 6) is 8.79. The second-order valence-corrected chi connectivity index (χ2v) is 8.71.